The summed E-state index contributed by atoms with van der Waals surface area (Å²) in [5.74, 6) is -0.471. The van der Waals surface area contributed by atoms with Gasteiger partial charge in [-0.3, -0.25) is 4.79 Å². The minimum atomic E-state index is -4.48. The van der Waals surface area contributed by atoms with E-state index in [0.29, 0.717) is 17.9 Å². The van der Waals surface area contributed by atoms with E-state index in [2.05, 4.69) is 20.1 Å². The van der Waals surface area contributed by atoms with Crippen LogP contribution in [-0.4, -0.2) is 53.4 Å². The molecule has 0 radical (unpaired) electrons. The molecule has 1 aliphatic rings. The summed E-state index contributed by atoms with van der Waals surface area (Å²) in [7, 11) is -3.13. The minimum Gasteiger partial charge on any atom is -0.468 e. The van der Waals surface area contributed by atoms with Crippen molar-refractivity contribution in [3.63, 3.8) is 0 Å². The van der Waals surface area contributed by atoms with E-state index >= 15 is 0 Å². The molecule has 1 aliphatic heterocycles. The predicted molar refractivity (Wildman–Crippen MR) is 93.0 cm³/mol. The number of pyridine rings is 1. The van der Waals surface area contributed by atoms with Crippen LogP contribution in [0.3, 0.4) is 0 Å². The Morgan fingerprint density at radius 3 is 2.71 bits per heavy atom. The van der Waals surface area contributed by atoms with Crippen molar-refractivity contribution >= 4 is 21.6 Å². The summed E-state index contributed by atoms with van der Waals surface area (Å²) >= 11 is 0. The second-order valence-electron chi connectivity index (χ2n) is 6.42. The fourth-order valence-electron chi connectivity index (χ4n) is 2.80. The van der Waals surface area contributed by atoms with Crippen molar-refractivity contribution in [2.45, 2.75) is 25.6 Å². The molecule has 8 nitrogen and oxygen atoms in total. The van der Waals surface area contributed by atoms with E-state index in [4.69, 9.17) is 0 Å². The Labute approximate surface area is 158 Å². The van der Waals surface area contributed by atoms with Crippen molar-refractivity contribution in [1.82, 2.24) is 14.8 Å². The fraction of sp³-hybridized carbons (Fsp3) is 0.438. The molecular weight excluding hydrogens is 401 g/mol. The molecule has 1 fully saturated rings. The van der Waals surface area contributed by atoms with Gasteiger partial charge in [0.25, 0.3) is 5.91 Å². The zero-order chi connectivity index (χ0) is 20.5. The van der Waals surface area contributed by atoms with Crippen molar-refractivity contribution < 1.29 is 31.1 Å². The van der Waals surface area contributed by atoms with Gasteiger partial charge in [0, 0.05) is 18.3 Å². The van der Waals surface area contributed by atoms with Gasteiger partial charge in [-0.2, -0.15) is 18.3 Å². The molecule has 1 atom stereocenters. The number of ether oxygens (including phenoxy) is 1. The summed E-state index contributed by atoms with van der Waals surface area (Å²) in [5, 5.41) is 6.90. The van der Waals surface area contributed by atoms with Crippen LogP contribution in [0.1, 0.15) is 28.5 Å². The Morgan fingerprint density at radius 2 is 2.14 bits per heavy atom. The maximum absolute atomic E-state index is 12.4. The van der Waals surface area contributed by atoms with Gasteiger partial charge in [0.1, 0.15) is 5.82 Å². The Morgan fingerprint density at radius 1 is 1.39 bits per heavy atom. The smallest absolute Gasteiger partial charge is 0.422 e. The normalized spacial score (nSPS) is 18.8. The largest absolute Gasteiger partial charge is 0.468 e. The first kappa shape index (κ1) is 20.1. The maximum Gasteiger partial charge on any atom is 0.422 e. The quantitative estimate of drug-likeness (QED) is 0.798. The molecule has 0 bridgehead atoms. The standard InChI is InChI=1S/C16H17F3N4O4S/c1-10-6-13(23(22-10)12-4-5-28(25,26)8-12)21-15(24)11-2-3-14(20-7-11)27-9-16(17,18)19/h2-3,6-7,12H,4-5,8-9H2,1H3,(H,21,24)/t12-/m0/s1. The third-order valence-electron chi connectivity index (χ3n) is 4.04. The molecule has 0 saturated carbocycles. The van der Waals surface area contributed by atoms with Gasteiger partial charge < -0.3 is 10.1 Å². The minimum absolute atomic E-state index is 0.0518. The summed E-state index contributed by atoms with van der Waals surface area (Å²) in [4.78, 5) is 16.1. The molecule has 0 aromatic carbocycles. The lowest BCUT2D eigenvalue weighted by Crippen LogP contribution is -2.20. The molecule has 3 rings (SSSR count). The lowest BCUT2D eigenvalue weighted by atomic mass is 10.2. The van der Waals surface area contributed by atoms with Crippen LogP contribution in [0, 0.1) is 6.92 Å². The average Bonchev–Trinajstić information content (AvgIpc) is 3.14. The van der Waals surface area contributed by atoms with Gasteiger partial charge in [0.15, 0.2) is 16.4 Å². The van der Waals surface area contributed by atoms with E-state index < -0.39 is 28.5 Å². The van der Waals surface area contributed by atoms with E-state index in [1.165, 1.54) is 10.7 Å². The Bertz CT molecular complexity index is 971. The highest BCUT2D eigenvalue weighted by Gasteiger charge is 2.31. The lowest BCUT2D eigenvalue weighted by molar-refractivity contribution is -0.154. The van der Waals surface area contributed by atoms with Crippen LogP contribution < -0.4 is 10.1 Å². The zero-order valence-electron chi connectivity index (χ0n) is 14.7. The van der Waals surface area contributed by atoms with Crippen LogP contribution in [-0.2, 0) is 9.84 Å². The first-order valence-corrected chi connectivity index (χ1v) is 10.1. The number of amides is 1. The highest BCUT2D eigenvalue weighted by atomic mass is 32.2. The third-order valence-corrected chi connectivity index (χ3v) is 5.79. The molecule has 0 spiro atoms. The number of hydrogen-bond acceptors (Lipinski definition) is 6. The van der Waals surface area contributed by atoms with Gasteiger partial charge in [-0.25, -0.2) is 18.1 Å². The van der Waals surface area contributed by atoms with E-state index in [-0.39, 0.29) is 29.0 Å². The SMILES string of the molecule is Cc1cc(NC(=O)c2ccc(OCC(F)(F)F)nc2)n([C@H]2CCS(=O)(=O)C2)n1. The highest BCUT2D eigenvalue weighted by molar-refractivity contribution is 7.91. The number of carbonyl (C=O) groups excluding carboxylic acids is 1. The van der Waals surface area contributed by atoms with E-state index in [1.54, 1.807) is 13.0 Å². The van der Waals surface area contributed by atoms with Gasteiger partial charge >= 0.3 is 6.18 Å². The zero-order valence-corrected chi connectivity index (χ0v) is 15.5. The number of anilines is 1. The topological polar surface area (TPSA) is 103 Å². The molecule has 3 heterocycles. The Balaban J connectivity index is 1.70. The number of rotatable bonds is 5. The summed E-state index contributed by atoms with van der Waals surface area (Å²) in [6, 6.07) is 3.68. The number of nitrogens with one attached hydrogen (secondary N) is 1. The molecule has 2 aromatic rings. The summed E-state index contributed by atoms with van der Waals surface area (Å²) in [6.45, 7) is 0.234. The van der Waals surface area contributed by atoms with E-state index in [1.807, 2.05) is 0 Å². The van der Waals surface area contributed by atoms with Crippen molar-refractivity contribution in [1.29, 1.82) is 0 Å². The summed E-state index contributed by atoms with van der Waals surface area (Å²) in [5.41, 5.74) is 0.706. The second-order valence-corrected chi connectivity index (χ2v) is 8.64. The molecule has 0 aliphatic carbocycles. The molecule has 28 heavy (non-hydrogen) atoms. The highest BCUT2D eigenvalue weighted by Crippen LogP contribution is 2.27. The van der Waals surface area contributed by atoms with Crippen LogP contribution in [0.5, 0.6) is 5.88 Å². The lowest BCUT2D eigenvalue weighted by Gasteiger charge is -2.14. The number of hydrogen-bond donors (Lipinski definition) is 1. The van der Waals surface area contributed by atoms with Crippen LogP contribution in [0.4, 0.5) is 19.0 Å². The first-order chi connectivity index (χ1) is 13.0. The number of nitrogens with zero attached hydrogens (tertiary/aromatic N) is 3. The molecule has 1 amide bonds. The predicted octanol–water partition coefficient (Wildman–Crippen LogP) is 2.14. The van der Waals surface area contributed by atoms with Gasteiger partial charge in [0.05, 0.1) is 28.8 Å². The van der Waals surface area contributed by atoms with Crippen molar-refractivity contribution in [2.24, 2.45) is 0 Å². The van der Waals surface area contributed by atoms with Gasteiger partial charge in [-0.1, -0.05) is 0 Å². The van der Waals surface area contributed by atoms with Crippen molar-refractivity contribution in [3.8, 4) is 5.88 Å². The van der Waals surface area contributed by atoms with Gasteiger partial charge in [0.2, 0.25) is 5.88 Å². The maximum atomic E-state index is 12.4. The fourth-order valence-corrected chi connectivity index (χ4v) is 4.49. The Hall–Kier alpha value is -2.63. The van der Waals surface area contributed by atoms with Crippen LogP contribution in [0.15, 0.2) is 24.4 Å². The monoisotopic (exact) mass is 418 g/mol. The van der Waals surface area contributed by atoms with E-state index in [0.717, 1.165) is 12.3 Å². The molecule has 152 valence electrons. The molecule has 2 aromatic heterocycles. The van der Waals surface area contributed by atoms with Crippen LogP contribution in [0.25, 0.3) is 0 Å². The van der Waals surface area contributed by atoms with Crippen molar-refractivity contribution in [2.75, 3.05) is 23.4 Å². The molecule has 1 saturated heterocycles. The molecular formula is C16H17F3N4O4S. The number of carbonyl (C=O) groups is 1. The van der Waals surface area contributed by atoms with Gasteiger partial charge in [-0.05, 0) is 19.4 Å². The second kappa shape index (κ2) is 7.41. The van der Waals surface area contributed by atoms with Crippen molar-refractivity contribution in [3.05, 3.63) is 35.7 Å². The first-order valence-electron chi connectivity index (χ1n) is 8.26. The van der Waals surface area contributed by atoms with Gasteiger partial charge in [-0.15, -0.1) is 0 Å². The Kier molecular flexibility index (Phi) is 5.33. The third kappa shape index (κ3) is 5.00. The number of halogens is 3. The van der Waals surface area contributed by atoms with Crippen LogP contribution in [0.2, 0.25) is 0 Å². The summed E-state index contributed by atoms with van der Waals surface area (Å²) in [6.07, 6.45) is -2.99. The number of aromatic nitrogens is 3. The molecule has 1 N–H and O–H groups in total. The number of sulfone groups is 1. The number of alkyl halides is 3. The molecule has 0 unspecified atom stereocenters. The van der Waals surface area contributed by atoms with Crippen LogP contribution >= 0.6 is 0 Å². The number of aryl methyl sites for hydroxylation is 1. The average molecular weight is 418 g/mol. The molecule has 12 heteroatoms. The van der Waals surface area contributed by atoms with E-state index in [9.17, 15) is 26.4 Å². The summed E-state index contributed by atoms with van der Waals surface area (Å²) < 4.78 is 65.8.